The number of carbonyl (C=O) groups is 4. The highest BCUT2D eigenvalue weighted by Crippen LogP contribution is 2.32. The number of anilines is 1. The van der Waals surface area contributed by atoms with E-state index in [4.69, 9.17) is 9.47 Å². The minimum atomic E-state index is -0.693. The van der Waals surface area contributed by atoms with Crippen LogP contribution in [0.25, 0.3) is 6.08 Å². The first-order valence-corrected chi connectivity index (χ1v) is 10.4. The Hall–Kier alpha value is -3.66. The summed E-state index contributed by atoms with van der Waals surface area (Å²) in [6.07, 6.45) is 1.51. The van der Waals surface area contributed by atoms with Crippen molar-refractivity contribution in [2.75, 3.05) is 25.1 Å². The van der Waals surface area contributed by atoms with Crippen molar-refractivity contribution in [3.8, 4) is 5.75 Å². The average Bonchev–Trinajstić information content (AvgIpc) is 3.02. The third-order valence-electron chi connectivity index (χ3n) is 4.16. The Labute approximate surface area is 187 Å². The molecule has 0 aromatic heterocycles. The number of thioether (sulfide) groups is 1. The molecular formula is C22H19FN2O6S. The van der Waals surface area contributed by atoms with Gasteiger partial charge in [0.15, 0.2) is 6.61 Å². The van der Waals surface area contributed by atoms with E-state index in [1.165, 1.54) is 24.3 Å². The van der Waals surface area contributed by atoms with E-state index in [0.717, 1.165) is 4.90 Å². The van der Waals surface area contributed by atoms with Crippen molar-refractivity contribution < 1.29 is 33.0 Å². The molecule has 166 valence electrons. The van der Waals surface area contributed by atoms with Crippen molar-refractivity contribution in [3.05, 3.63) is 64.8 Å². The summed E-state index contributed by atoms with van der Waals surface area (Å²) in [5.74, 6) is -1.98. The summed E-state index contributed by atoms with van der Waals surface area (Å²) in [5.41, 5.74) is 0.583. The van der Waals surface area contributed by atoms with Crippen molar-refractivity contribution in [2.45, 2.75) is 6.92 Å². The maximum Gasteiger partial charge on any atom is 0.344 e. The lowest BCUT2D eigenvalue weighted by Gasteiger charge is -2.12. The number of imide groups is 1. The van der Waals surface area contributed by atoms with Gasteiger partial charge in [0, 0.05) is 0 Å². The molecule has 3 amide bonds. The first-order valence-electron chi connectivity index (χ1n) is 9.55. The summed E-state index contributed by atoms with van der Waals surface area (Å²) in [6, 6.07) is 12.1. The molecule has 0 spiro atoms. The van der Waals surface area contributed by atoms with Crippen LogP contribution in [-0.4, -0.2) is 47.7 Å². The molecule has 2 aromatic carbocycles. The predicted molar refractivity (Wildman–Crippen MR) is 116 cm³/mol. The van der Waals surface area contributed by atoms with Crippen LogP contribution in [0, 0.1) is 5.82 Å². The second-order valence-electron chi connectivity index (χ2n) is 6.46. The van der Waals surface area contributed by atoms with Gasteiger partial charge >= 0.3 is 5.97 Å². The maximum atomic E-state index is 13.7. The maximum absolute atomic E-state index is 13.7. The van der Waals surface area contributed by atoms with Gasteiger partial charge in [-0.25, -0.2) is 9.18 Å². The molecule has 1 heterocycles. The molecule has 0 aliphatic carbocycles. The Morgan fingerprint density at radius 1 is 1.12 bits per heavy atom. The van der Waals surface area contributed by atoms with Crippen molar-refractivity contribution >= 4 is 46.5 Å². The summed E-state index contributed by atoms with van der Waals surface area (Å²) in [6.45, 7) is 1.21. The number of benzene rings is 2. The molecule has 2 aromatic rings. The first-order chi connectivity index (χ1) is 15.4. The van der Waals surface area contributed by atoms with Gasteiger partial charge in [0.25, 0.3) is 11.1 Å². The standard InChI is InChI=1S/C22H19FN2O6S/c1-2-30-20(27)13-31-15-9-7-14(8-10-15)11-18-21(28)25(22(29)32-18)12-19(26)24-17-6-4-3-5-16(17)23/h3-11H,2,12-13H2,1H3,(H,24,26)/b18-11-. The molecular weight excluding hydrogens is 439 g/mol. The average molecular weight is 458 g/mol. The number of halogens is 1. The highest BCUT2D eigenvalue weighted by molar-refractivity contribution is 8.18. The van der Waals surface area contributed by atoms with Gasteiger partial charge in [-0.1, -0.05) is 24.3 Å². The number of nitrogens with one attached hydrogen (secondary N) is 1. The molecule has 0 atom stereocenters. The number of amides is 3. The number of rotatable bonds is 8. The van der Waals surface area contributed by atoms with E-state index < -0.39 is 35.4 Å². The van der Waals surface area contributed by atoms with Crippen LogP contribution in [0.15, 0.2) is 53.4 Å². The summed E-state index contributed by atoms with van der Waals surface area (Å²) in [7, 11) is 0. The van der Waals surface area contributed by atoms with Crippen LogP contribution < -0.4 is 10.1 Å². The smallest absolute Gasteiger partial charge is 0.344 e. The van der Waals surface area contributed by atoms with Gasteiger partial charge in [-0.05, 0) is 54.6 Å². The van der Waals surface area contributed by atoms with E-state index in [1.807, 2.05) is 0 Å². The largest absolute Gasteiger partial charge is 0.482 e. The Bertz CT molecular complexity index is 1070. The van der Waals surface area contributed by atoms with Crippen LogP contribution >= 0.6 is 11.8 Å². The zero-order chi connectivity index (χ0) is 23.1. The minimum absolute atomic E-state index is 0.0368. The number of esters is 1. The topological polar surface area (TPSA) is 102 Å². The van der Waals surface area contributed by atoms with Crippen molar-refractivity contribution in [2.24, 2.45) is 0 Å². The van der Waals surface area contributed by atoms with E-state index in [0.29, 0.717) is 23.1 Å². The number of hydrogen-bond donors (Lipinski definition) is 1. The van der Waals surface area contributed by atoms with Gasteiger partial charge in [-0.15, -0.1) is 0 Å². The molecule has 1 fully saturated rings. The molecule has 1 N–H and O–H groups in total. The van der Waals surface area contributed by atoms with Gasteiger partial charge in [0.2, 0.25) is 5.91 Å². The minimum Gasteiger partial charge on any atom is -0.482 e. The first kappa shape index (κ1) is 23.0. The quantitative estimate of drug-likeness (QED) is 0.478. The van der Waals surface area contributed by atoms with Gasteiger partial charge in [-0.2, -0.15) is 0 Å². The molecule has 1 aliphatic rings. The Balaban J connectivity index is 1.60. The van der Waals surface area contributed by atoms with Crippen LogP contribution in [0.5, 0.6) is 5.75 Å². The molecule has 3 rings (SSSR count). The summed E-state index contributed by atoms with van der Waals surface area (Å²) >= 11 is 0.704. The van der Waals surface area contributed by atoms with Gasteiger partial charge in [0.1, 0.15) is 18.1 Å². The van der Waals surface area contributed by atoms with Crippen LogP contribution in [0.4, 0.5) is 14.9 Å². The van der Waals surface area contributed by atoms with E-state index in [2.05, 4.69) is 5.32 Å². The lowest BCUT2D eigenvalue weighted by molar-refractivity contribution is -0.145. The SMILES string of the molecule is CCOC(=O)COc1ccc(/C=C2\SC(=O)N(CC(=O)Nc3ccccc3F)C2=O)cc1. The highest BCUT2D eigenvalue weighted by atomic mass is 32.2. The molecule has 0 bridgehead atoms. The number of carbonyl (C=O) groups excluding carboxylic acids is 4. The van der Waals surface area contributed by atoms with Gasteiger partial charge < -0.3 is 14.8 Å². The molecule has 32 heavy (non-hydrogen) atoms. The van der Waals surface area contributed by atoms with Crippen molar-refractivity contribution in [1.82, 2.24) is 4.90 Å². The van der Waals surface area contributed by atoms with Crippen LogP contribution in [0.3, 0.4) is 0 Å². The lowest BCUT2D eigenvalue weighted by Crippen LogP contribution is -2.36. The van der Waals surface area contributed by atoms with Crippen LogP contribution in [0.2, 0.25) is 0 Å². The lowest BCUT2D eigenvalue weighted by atomic mass is 10.2. The Morgan fingerprint density at radius 2 is 1.84 bits per heavy atom. The number of hydrogen-bond acceptors (Lipinski definition) is 7. The molecule has 8 nitrogen and oxygen atoms in total. The number of nitrogens with zero attached hydrogens (tertiary/aromatic N) is 1. The van der Waals surface area contributed by atoms with Crippen molar-refractivity contribution in [3.63, 3.8) is 0 Å². The fourth-order valence-corrected chi connectivity index (χ4v) is 3.53. The van der Waals surface area contributed by atoms with Crippen LogP contribution in [0.1, 0.15) is 12.5 Å². The second kappa shape index (κ2) is 10.6. The second-order valence-corrected chi connectivity index (χ2v) is 7.45. The van der Waals surface area contributed by atoms with E-state index >= 15 is 0 Å². The summed E-state index contributed by atoms with van der Waals surface area (Å²) in [5, 5.41) is 1.74. The molecule has 10 heteroatoms. The summed E-state index contributed by atoms with van der Waals surface area (Å²) in [4.78, 5) is 49.2. The number of para-hydroxylation sites is 1. The van der Waals surface area contributed by atoms with Crippen LogP contribution in [-0.2, 0) is 19.1 Å². The number of ether oxygens (including phenoxy) is 2. The molecule has 1 aliphatic heterocycles. The monoisotopic (exact) mass is 458 g/mol. The van der Waals surface area contributed by atoms with Gasteiger partial charge in [0.05, 0.1) is 17.2 Å². The Morgan fingerprint density at radius 3 is 2.53 bits per heavy atom. The van der Waals surface area contributed by atoms with Gasteiger partial charge in [-0.3, -0.25) is 19.3 Å². The Kier molecular flexibility index (Phi) is 7.61. The van der Waals surface area contributed by atoms with E-state index in [-0.39, 0.29) is 23.8 Å². The third-order valence-corrected chi connectivity index (χ3v) is 5.07. The zero-order valence-electron chi connectivity index (χ0n) is 17.0. The van der Waals surface area contributed by atoms with Crippen molar-refractivity contribution in [1.29, 1.82) is 0 Å². The fraction of sp³-hybridized carbons (Fsp3) is 0.182. The molecule has 0 saturated carbocycles. The molecule has 0 unspecified atom stereocenters. The summed E-state index contributed by atoms with van der Waals surface area (Å²) < 4.78 is 23.7. The predicted octanol–water partition coefficient (Wildman–Crippen LogP) is 3.44. The third kappa shape index (κ3) is 5.94. The van der Waals surface area contributed by atoms with E-state index in [9.17, 15) is 23.6 Å². The van der Waals surface area contributed by atoms with E-state index in [1.54, 1.807) is 37.3 Å². The normalized spacial score (nSPS) is 14.6. The molecule has 1 saturated heterocycles. The zero-order valence-corrected chi connectivity index (χ0v) is 17.8. The fourth-order valence-electron chi connectivity index (χ4n) is 2.69. The molecule has 0 radical (unpaired) electrons. The highest BCUT2D eigenvalue weighted by Gasteiger charge is 2.36.